The Balaban J connectivity index is 2.09. The molecule has 0 radical (unpaired) electrons. The smallest absolute Gasteiger partial charge is 0.240 e. The van der Waals surface area contributed by atoms with Crippen LogP contribution in [0.25, 0.3) is 6.08 Å². The summed E-state index contributed by atoms with van der Waals surface area (Å²) in [6.45, 7) is 1.84. The predicted octanol–water partition coefficient (Wildman–Crippen LogP) is 1.67. The molecule has 1 aliphatic rings. The molecule has 0 saturated carbocycles. The van der Waals surface area contributed by atoms with Crippen molar-refractivity contribution in [1.82, 2.24) is 4.90 Å². The van der Waals surface area contributed by atoms with Gasteiger partial charge in [0.15, 0.2) is 0 Å². The van der Waals surface area contributed by atoms with Gasteiger partial charge in [-0.15, -0.1) is 0 Å². The lowest BCUT2D eigenvalue weighted by atomic mass is 9.96. The van der Waals surface area contributed by atoms with E-state index in [1.807, 2.05) is 36.4 Å². The minimum Gasteiger partial charge on any atom is -0.496 e. The second-order valence-corrected chi connectivity index (χ2v) is 5.52. The van der Waals surface area contributed by atoms with E-state index in [0.717, 1.165) is 30.7 Å². The number of primary amides is 1. The van der Waals surface area contributed by atoms with Crippen LogP contribution in [0.2, 0.25) is 0 Å². The first-order chi connectivity index (χ1) is 10.6. The van der Waals surface area contributed by atoms with Gasteiger partial charge >= 0.3 is 0 Å². The first-order valence-corrected chi connectivity index (χ1v) is 7.47. The molecule has 0 spiro atoms. The van der Waals surface area contributed by atoms with Gasteiger partial charge in [-0.25, -0.2) is 0 Å². The number of carbonyl (C=O) groups is 1. The summed E-state index contributed by atoms with van der Waals surface area (Å²) in [5.74, 6) is 0.524. The largest absolute Gasteiger partial charge is 0.496 e. The first-order valence-electron chi connectivity index (χ1n) is 7.47. The van der Waals surface area contributed by atoms with Crippen molar-refractivity contribution in [1.29, 1.82) is 0 Å². The second kappa shape index (κ2) is 7.42. The average Bonchev–Trinajstić information content (AvgIpc) is 2.92. The lowest BCUT2D eigenvalue weighted by Crippen LogP contribution is -2.56. The molecule has 5 nitrogen and oxygen atoms in total. The number of nitrogens with zero attached hydrogens (tertiary/aromatic N) is 1. The molecule has 22 heavy (non-hydrogen) atoms. The Hall–Kier alpha value is -1.85. The number of ether oxygens (including phenoxy) is 2. The number of carbonyl (C=O) groups excluding carboxylic acids is 1. The van der Waals surface area contributed by atoms with Gasteiger partial charge in [-0.2, -0.15) is 0 Å². The van der Waals surface area contributed by atoms with E-state index in [-0.39, 0.29) is 5.91 Å². The number of para-hydroxylation sites is 1. The maximum absolute atomic E-state index is 11.9. The van der Waals surface area contributed by atoms with Crippen molar-refractivity contribution in [3.63, 3.8) is 0 Å². The molecule has 120 valence electrons. The zero-order chi connectivity index (χ0) is 16.0. The van der Waals surface area contributed by atoms with Gasteiger partial charge in [0.1, 0.15) is 11.3 Å². The molecule has 1 aromatic carbocycles. The zero-order valence-corrected chi connectivity index (χ0v) is 13.2. The van der Waals surface area contributed by atoms with E-state index in [9.17, 15) is 4.79 Å². The van der Waals surface area contributed by atoms with Crippen LogP contribution in [0.5, 0.6) is 5.75 Å². The number of hydrogen-bond donors (Lipinski definition) is 1. The lowest BCUT2D eigenvalue weighted by molar-refractivity contribution is -0.131. The van der Waals surface area contributed by atoms with Crippen molar-refractivity contribution in [2.24, 2.45) is 5.73 Å². The molecule has 1 atom stereocenters. The topological polar surface area (TPSA) is 64.8 Å². The monoisotopic (exact) mass is 304 g/mol. The molecular formula is C17H24N2O3. The molecule has 1 aromatic rings. The first kappa shape index (κ1) is 16.5. The average molecular weight is 304 g/mol. The Labute approximate surface area is 131 Å². The Morgan fingerprint density at radius 2 is 2.18 bits per heavy atom. The van der Waals surface area contributed by atoms with Crippen LogP contribution in [0.3, 0.4) is 0 Å². The van der Waals surface area contributed by atoms with Crippen molar-refractivity contribution >= 4 is 12.0 Å². The molecule has 0 bridgehead atoms. The third kappa shape index (κ3) is 3.31. The van der Waals surface area contributed by atoms with Gasteiger partial charge in [-0.05, 0) is 25.5 Å². The van der Waals surface area contributed by atoms with Gasteiger partial charge in [-0.1, -0.05) is 30.4 Å². The van der Waals surface area contributed by atoms with Gasteiger partial charge in [0.25, 0.3) is 0 Å². The molecule has 1 amide bonds. The van der Waals surface area contributed by atoms with E-state index in [1.165, 1.54) is 0 Å². The second-order valence-electron chi connectivity index (χ2n) is 5.52. The maximum Gasteiger partial charge on any atom is 0.240 e. The summed E-state index contributed by atoms with van der Waals surface area (Å²) in [6, 6.07) is 7.83. The number of nitrogens with two attached hydrogens (primary N) is 1. The van der Waals surface area contributed by atoms with Crippen molar-refractivity contribution in [3.8, 4) is 5.75 Å². The normalized spacial score (nSPS) is 22.3. The Morgan fingerprint density at radius 3 is 2.86 bits per heavy atom. The van der Waals surface area contributed by atoms with Gasteiger partial charge < -0.3 is 15.2 Å². The van der Waals surface area contributed by atoms with Crippen LogP contribution < -0.4 is 10.5 Å². The van der Waals surface area contributed by atoms with Gasteiger partial charge in [0.05, 0.1) is 13.7 Å². The van der Waals surface area contributed by atoms with Crippen LogP contribution in [0.4, 0.5) is 0 Å². The van der Waals surface area contributed by atoms with Crippen molar-refractivity contribution in [2.45, 2.75) is 18.4 Å². The van der Waals surface area contributed by atoms with E-state index in [4.69, 9.17) is 15.2 Å². The van der Waals surface area contributed by atoms with Crippen LogP contribution >= 0.6 is 0 Å². The minimum absolute atomic E-state index is 0.308. The minimum atomic E-state index is -0.681. The number of amides is 1. The third-order valence-electron chi connectivity index (χ3n) is 4.23. The fourth-order valence-corrected chi connectivity index (χ4v) is 3.06. The number of likely N-dealkylation sites (tertiary alicyclic amines) is 1. The van der Waals surface area contributed by atoms with Gasteiger partial charge in [0, 0.05) is 19.2 Å². The Kier molecular flexibility index (Phi) is 5.57. The van der Waals surface area contributed by atoms with Crippen LogP contribution in [0.15, 0.2) is 30.3 Å². The highest BCUT2D eigenvalue weighted by atomic mass is 16.5. The van der Waals surface area contributed by atoms with Crippen molar-refractivity contribution in [2.75, 3.05) is 33.9 Å². The molecule has 0 aliphatic carbocycles. The fourth-order valence-electron chi connectivity index (χ4n) is 3.06. The number of methoxy groups -OCH3 is 2. The zero-order valence-electron chi connectivity index (χ0n) is 13.2. The molecule has 1 fully saturated rings. The Morgan fingerprint density at radius 1 is 1.41 bits per heavy atom. The molecule has 1 aliphatic heterocycles. The van der Waals surface area contributed by atoms with Gasteiger partial charge in [-0.3, -0.25) is 9.69 Å². The lowest BCUT2D eigenvalue weighted by Gasteiger charge is -2.34. The van der Waals surface area contributed by atoms with Crippen LogP contribution in [0, 0.1) is 0 Å². The summed E-state index contributed by atoms with van der Waals surface area (Å²) in [5.41, 5.74) is 5.97. The quantitative estimate of drug-likeness (QED) is 0.832. The molecule has 1 saturated heterocycles. The summed E-state index contributed by atoms with van der Waals surface area (Å²) in [4.78, 5) is 14.0. The van der Waals surface area contributed by atoms with E-state index >= 15 is 0 Å². The SMILES string of the molecule is COCC1(C(N)=O)CCCN1C/C=C/c1ccccc1OC. The van der Waals surface area contributed by atoms with Crippen LogP contribution in [0.1, 0.15) is 18.4 Å². The highest BCUT2D eigenvalue weighted by Crippen LogP contribution is 2.29. The van der Waals surface area contributed by atoms with E-state index in [1.54, 1.807) is 14.2 Å². The van der Waals surface area contributed by atoms with Crippen molar-refractivity contribution in [3.05, 3.63) is 35.9 Å². The molecule has 1 heterocycles. The summed E-state index contributed by atoms with van der Waals surface area (Å²) >= 11 is 0. The van der Waals surface area contributed by atoms with E-state index < -0.39 is 5.54 Å². The molecular weight excluding hydrogens is 280 g/mol. The fraction of sp³-hybridized carbons (Fsp3) is 0.471. The summed E-state index contributed by atoms with van der Waals surface area (Å²) < 4.78 is 10.6. The number of rotatable bonds is 7. The Bertz CT molecular complexity index is 544. The van der Waals surface area contributed by atoms with Crippen LogP contribution in [-0.4, -0.2) is 50.3 Å². The number of benzene rings is 1. The summed E-state index contributed by atoms with van der Waals surface area (Å²) in [6.07, 6.45) is 5.75. The predicted molar refractivity (Wildman–Crippen MR) is 86.6 cm³/mol. The molecule has 1 unspecified atom stereocenters. The van der Waals surface area contributed by atoms with Crippen molar-refractivity contribution < 1.29 is 14.3 Å². The standard InChI is InChI=1S/C17H24N2O3/c1-21-13-17(16(18)20)10-6-12-19(17)11-5-8-14-7-3-4-9-15(14)22-2/h3-5,7-9H,6,10-13H2,1-2H3,(H2,18,20)/b8-5+. The highest BCUT2D eigenvalue weighted by Gasteiger charge is 2.45. The molecule has 2 N–H and O–H groups in total. The molecule has 5 heteroatoms. The number of hydrogen-bond acceptors (Lipinski definition) is 4. The summed E-state index contributed by atoms with van der Waals surface area (Å²) in [5, 5.41) is 0. The van der Waals surface area contributed by atoms with E-state index in [0.29, 0.717) is 13.2 Å². The van der Waals surface area contributed by atoms with E-state index in [2.05, 4.69) is 4.90 Å². The molecule has 0 aromatic heterocycles. The van der Waals surface area contributed by atoms with Gasteiger partial charge in [0.2, 0.25) is 5.91 Å². The summed E-state index contributed by atoms with van der Waals surface area (Å²) in [7, 11) is 3.26. The molecule has 2 rings (SSSR count). The van der Waals surface area contributed by atoms with Crippen LogP contribution in [-0.2, 0) is 9.53 Å². The highest BCUT2D eigenvalue weighted by molar-refractivity contribution is 5.85. The maximum atomic E-state index is 11.9. The third-order valence-corrected chi connectivity index (χ3v) is 4.23.